The summed E-state index contributed by atoms with van der Waals surface area (Å²) >= 11 is 2.53. The molecule has 0 saturated heterocycles. The summed E-state index contributed by atoms with van der Waals surface area (Å²) in [5, 5.41) is 9.60. The van der Waals surface area contributed by atoms with Crippen molar-refractivity contribution in [3.05, 3.63) is 35.9 Å². The zero-order valence-electron chi connectivity index (χ0n) is 10.5. The van der Waals surface area contributed by atoms with Crippen molar-refractivity contribution >= 4 is 21.9 Å². The van der Waals surface area contributed by atoms with E-state index in [0.717, 1.165) is 5.56 Å². The summed E-state index contributed by atoms with van der Waals surface area (Å²) in [6.45, 7) is 1.49. The first-order chi connectivity index (χ1) is 8.98. The molecule has 0 heterocycles. The molecule has 0 radical (unpaired) electrons. The lowest BCUT2D eigenvalue weighted by molar-refractivity contribution is -0.158. The van der Waals surface area contributed by atoms with E-state index >= 15 is 0 Å². The Hall–Kier alpha value is -0.980. The monoisotopic (exact) mass is 334 g/mol. The summed E-state index contributed by atoms with van der Waals surface area (Å²) in [5.74, 6) is -1.16. The molecule has 1 rings (SSSR count). The summed E-state index contributed by atoms with van der Waals surface area (Å²) in [6, 6.07) is 9.24. The van der Waals surface area contributed by atoms with Crippen LogP contribution in [0.1, 0.15) is 12.5 Å². The van der Waals surface area contributed by atoms with Crippen molar-refractivity contribution in [2.24, 2.45) is 0 Å². The van der Waals surface area contributed by atoms with Gasteiger partial charge in [0.25, 0.3) is 4.58 Å². The lowest BCUT2D eigenvalue weighted by Gasteiger charge is -2.22. The van der Waals surface area contributed by atoms with E-state index in [0.29, 0.717) is 0 Å². The topological polar surface area (TPSA) is 55.8 Å². The van der Waals surface area contributed by atoms with Gasteiger partial charge in [-0.05, 0) is 28.4 Å². The number of esters is 1. The third-order valence-corrected chi connectivity index (χ3v) is 3.21. The second-order valence-electron chi connectivity index (χ2n) is 3.86. The number of aliphatic hydroxyl groups is 1. The molecule has 106 valence electrons. The minimum absolute atomic E-state index is 0.0354. The summed E-state index contributed by atoms with van der Waals surface area (Å²) in [7, 11) is 0. The third-order valence-electron chi connectivity index (χ3n) is 2.35. The molecule has 0 fully saturated rings. The molecule has 4 nitrogen and oxygen atoms in total. The molecule has 0 bridgehead atoms. The van der Waals surface area contributed by atoms with E-state index in [2.05, 4.69) is 20.7 Å². The smallest absolute Gasteiger partial charge is 0.358 e. The van der Waals surface area contributed by atoms with Crippen LogP contribution in [0.25, 0.3) is 0 Å². The van der Waals surface area contributed by atoms with Gasteiger partial charge in [-0.1, -0.05) is 30.3 Å². The normalized spacial score (nSPS) is 15.6. The second kappa shape index (κ2) is 7.57. The highest BCUT2D eigenvalue weighted by Gasteiger charge is 2.45. The summed E-state index contributed by atoms with van der Waals surface area (Å²) in [6.07, 6.45) is -1.64. The van der Waals surface area contributed by atoms with E-state index in [1.165, 1.54) is 0 Å². The van der Waals surface area contributed by atoms with E-state index in [-0.39, 0.29) is 19.8 Å². The Bertz CT molecular complexity index is 397. The Morgan fingerprint density at radius 1 is 1.47 bits per heavy atom. The maximum absolute atomic E-state index is 13.9. The number of halogens is 2. The molecule has 1 aromatic carbocycles. The van der Waals surface area contributed by atoms with Crippen LogP contribution in [0.3, 0.4) is 0 Å². The van der Waals surface area contributed by atoms with Crippen molar-refractivity contribution in [2.45, 2.75) is 24.2 Å². The van der Waals surface area contributed by atoms with Gasteiger partial charge in [0.05, 0.1) is 19.8 Å². The fourth-order valence-corrected chi connectivity index (χ4v) is 1.58. The van der Waals surface area contributed by atoms with Crippen LogP contribution >= 0.6 is 15.9 Å². The zero-order chi connectivity index (χ0) is 14.3. The lowest BCUT2D eigenvalue weighted by Crippen LogP contribution is -2.43. The Labute approximate surface area is 119 Å². The van der Waals surface area contributed by atoms with Crippen LogP contribution in [0, 0.1) is 0 Å². The molecule has 6 heteroatoms. The molecule has 0 aliphatic rings. The Kier molecular flexibility index (Phi) is 6.41. The minimum atomic E-state index is -2.65. The quantitative estimate of drug-likeness (QED) is 0.613. The molecule has 0 aliphatic heterocycles. The molecule has 0 unspecified atom stereocenters. The number of carbonyl (C=O) groups is 1. The van der Waals surface area contributed by atoms with Gasteiger partial charge in [-0.2, -0.15) is 0 Å². The number of hydrogen-bond donors (Lipinski definition) is 1. The number of rotatable bonds is 7. The van der Waals surface area contributed by atoms with Gasteiger partial charge >= 0.3 is 5.97 Å². The lowest BCUT2D eigenvalue weighted by atomic mass is 10.2. The molecule has 1 N–H and O–H groups in total. The predicted octanol–water partition coefficient (Wildman–Crippen LogP) is 2.19. The Balaban J connectivity index is 2.42. The average molecular weight is 335 g/mol. The van der Waals surface area contributed by atoms with Crippen molar-refractivity contribution < 1.29 is 23.8 Å². The highest BCUT2D eigenvalue weighted by molar-refractivity contribution is 9.10. The molecule has 0 saturated carbocycles. The maximum atomic E-state index is 13.9. The van der Waals surface area contributed by atoms with Crippen LogP contribution in [0.2, 0.25) is 0 Å². The number of carbonyl (C=O) groups excluding carboxylic acids is 1. The summed E-state index contributed by atoms with van der Waals surface area (Å²) in [4.78, 5) is 11.3. The van der Waals surface area contributed by atoms with Crippen molar-refractivity contribution in [2.75, 3.05) is 13.2 Å². The van der Waals surface area contributed by atoms with Gasteiger partial charge in [0, 0.05) is 0 Å². The van der Waals surface area contributed by atoms with Crippen molar-refractivity contribution in [3.8, 4) is 0 Å². The van der Waals surface area contributed by atoms with E-state index in [4.69, 9.17) is 4.74 Å². The molecule has 0 amide bonds. The number of hydrogen-bond acceptors (Lipinski definition) is 4. The first-order valence-electron chi connectivity index (χ1n) is 5.83. The van der Waals surface area contributed by atoms with E-state index in [1.54, 1.807) is 6.92 Å². The molecule has 19 heavy (non-hydrogen) atoms. The van der Waals surface area contributed by atoms with Crippen molar-refractivity contribution in [3.63, 3.8) is 0 Å². The standard InChI is InChI=1S/C13H16BrFO4/c1-2-19-12(17)13(14,15)11(16)9-18-8-10-6-4-3-5-7-10/h3-7,11,16H,2,8-9H2,1H3/t11-,13-/m0/s1. The number of ether oxygens (including phenoxy) is 2. The van der Waals surface area contributed by atoms with Gasteiger partial charge in [0.2, 0.25) is 0 Å². The molecule has 2 atom stereocenters. The summed E-state index contributed by atoms with van der Waals surface area (Å²) < 4.78 is 20.9. The molecule has 1 aromatic rings. The summed E-state index contributed by atoms with van der Waals surface area (Å²) in [5.41, 5.74) is 0.893. The number of alkyl halides is 2. The van der Waals surface area contributed by atoms with Gasteiger partial charge < -0.3 is 14.6 Å². The van der Waals surface area contributed by atoms with Gasteiger partial charge in [0.15, 0.2) is 0 Å². The molecule has 0 aromatic heterocycles. The van der Waals surface area contributed by atoms with E-state index < -0.39 is 16.7 Å². The molecular weight excluding hydrogens is 319 g/mol. The largest absolute Gasteiger partial charge is 0.463 e. The van der Waals surface area contributed by atoms with Crippen LogP contribution in [0.5, 0.6) is 0 Å². The van der Waals surface area contributed by atoms with Crippen LogP contribution in [-0.2, 0) is 20.9 Å². The SMILES string of the molecule is CCOC(=O)[C@](F)(Br)[C@@H](O)COCc1ccccc1. The van der Waals surface area contributed by atoms with E-state index in [9.17, 15) is 14.3 Å². The fourth-order valence-electron chi connectivity index (χ4n) is 1.33. The highest BCUT2D eigenvalue weighted by atomic mass is 79.9. The fraction of sp³-hybridized carbons (Fsp3) is 0.462. The van der Waals surface area contributed by atoms with Gasteiger partial charge in [-0.25, -0.2) is 9.18 Å². The van der Waals surface area contributed by atoms with Crippen molar-refractivity contribution in [1.29, 1.82) is 0 Å². The first kappa shape index (κ1) is 16.1. The van der Waals surface area contributed by atoms with Crippen LogP contribution in [0.4, 0.5) is 4.39 Å². The number of benzene rings is 1. The van der Waals surface area contributed by atoms with Crippen molar-refractivity contribution in [1.82, 2.24) is 0 Å². The van der Waals surface area contributed by atoms with Crippen LogP contribution in [-0.4, -0.2) is 35.0 Å². The Morgan fingerprint density at radius 2 is 2.11 bits per heavy atom. The van der Waals surface area contributed by atoms with Crippen LogP contribution < -0.4 is 0 Å². The predicted molar refractivity (Wildman–Crippen MR) is 71.5 cm³/mol. The number of aliphatic hydroxyl groups excluding tert-OH is 1. The maximum Gasteiger partial charge on any atom is 0.358 e. The zero-order valence-corrected chi connectivity index (χ0v) is 12.1. The third kappa shape index (κ3) is 4.89. The van der Waals surface area contributed by atoms with Gasteiger partial charge in [-0.15, -0.1) is 0 Å². The first-order valence-corrected chi connectivity index (χ1v) is 6.62. The molecular formula is C13H16BrFO4. The van der Waals surface area contributed by atoms with E-state index in [1.807, 2.05) is 30.3 Å². The second-order valence-corrected chi connectivity index (χ2v) is 5.01. The molecule has 0 spiro atoms. The highest BCUT2D eigenvalue weighted by Crippen LogP contribution is 2.27. The Morgan fingerprint density at radius 3 is 2.68 bits per heavy atom. The molecule has 0 aliphatic carbocycles. The minimum Gasteiger partial charge on any atom is -0.463 e. The van der Waals surface area contributed by atoms with Crippen LogP contribution in [0.15, 0.2) is 30.3 Å². The van der Waals surface area contributed by atoms with Gasteiger partial charge in [0.1, 0.15) is 6.10 Å². The average Bonchev–Trinajstić information content (AvgIpc) is 2.40. The van der Waals surface area contributed by atoms with Gasteiger partial charge in [-0.3, -0.25) is 0 Å².